The lowest BCUT2D eigenvalue weighted by atomic mass is 9.84. The van der Waals surface area contributed by atoms with E-state index in [-0.39, 0.29) is 5.91 Å². The number of piperidine rings is 1. The average molecular weight is 280 g/mol. The van der Waals surface area contributed by atoms with E-state index in [9.17, 15) is 9.90 Å². The van der Waals surface area contributed by atoms with Crippen LogP contribution < -0.4 is 0 Å². The zero-order valence-electron chi connectivity index (χ0n) is 11.7. The number of likely N-dealkylation sites (tertiary alicyclic amines) is 1. The first-order chi connectivity index (χ1) is 9.51. The van der Waals surface area contributed by atoms with Gasteiger partial charge in [-0.25, -0.2) is 4.68 Å². The van der Waals surface area contributed by atoms with Gasteiger partial charge < -0.3 is 14.7 Å². The van der Waals surface area contributed by atoms with E-state index < -0.39 is 11.0 Å². The van der Waals surface area contributed by atoms with Gasteiger partial charge >= 0.3 is 0 Å². The maximum absolute atomic E-state index is 12.5. The number of carbonyl (C=O) groups excluding carboxylic acids is 1. The quantitative estimate of drug-likeness (QED) is 0.820. The number of nitrogens with zero attached hydrogens (tertiary/aromatic N) is 4. The third-order valence-corrected chi connectivity index (χ3v) is 4.13. The van der Waals surface area contributed by atoms with Crippen LogP contribution in [0.5, 0.6) is 0 Å². The monoisotopic (exact) mass is 280 g/mol. The fourth-order valence-electron chi connectivity index (χ4n) is 2.95. The molecule has 7 heteroatoms. The van der Waals surface area contributed by atoms with E-state index in [1.165, 1.54) is 0 Å². The van der Waals surface area contributed by atoms with E-state index in [4.69, 9.17) is 4.74 Å². The van der Waals surface area contributed by atoms with Crippen molar-refractivity contribution < 1.29 is 14.6 Å². The normalized spacial score (nSPS) is 29.0. The molecular weight excluding hydrogens is 260 g/mol. The lowest BCUT2D eigenvalue weighted by Crippen LogP contribution is -2.59. The summed E-state index contributed by atoms with van der Waals surface area (Å²) in [7, 11) is 0. The van der Waals surface area contributed by atoms with Crippen LogP contribution >= 0.6 is 0 Å². The smallest absolute Gasteiger partial charge is 0.233 e. The summed E-state index contributed by atoms with van der Waals surface area (Å²) in [6.07, 6.45) is 4.78. The van der Waals surface area contributed by atoms with E-state index in [0.29, 0.717) is 39.3 Å². The molecule has 1 aromatic rings. The van der Waals surface area contributed by atoms with Gasteiger partial charge in [0, 0.05) is 12.7 Å². The molecule has 1 N–H and O–H groups in total. The van der Waals surface area contributed by atoms with Gasteiger partial charge in [-0.2, -0.15) is 0 Å². The van der Waals surface area contributed by atoms with Crippen LogP contribution in [-0.2, 0) is 16.1 Å². The topological polar surface area (TPSA) is 80.5 Å². The molecule has 3 rings (SSSR count). The highest BCUT2D eigenvalue weighted by molar-refractivity contribution is 5.83. The molecule has 0 aromatic carbocycles. The summed E-state index contributed by atoms with van der Waals surface area (Å²) in [4.78, 5) is 14.3. The average Bonchev–Trinajstić information content (AvgIpc) is 2.87. The van der Waals surface area contributed by atoms with Gasteiger partial charge in [-0.1, -0.05) is 5.21 Å². The number of ether oxygens (including phenoxy) is 1. The van der Waals surface area contributed by atoms with Crippen molar-refractivity contribution in [1.29, 1.82) is 0 Å². The van der Waals surface area contributed by atoms with Crippen LogP contribution in [0.4, 0.5) is 0 Å². The Morgan fingerprint density at radius 3 is 2.90 bits per heavy atom. The van der Waals surface area contributed by atoms with Crippen LogP contribution in [0.1, 0.15) is 19.8 Å². The van der Waals surface area contributed by atoms with Crippen molar-refractivity contribution >= 4 is 5.91 Å². The molecule has 2 aliphatic heterocycles. The summed E-state index contributed by atoms with van der Waals surface area (Å²) in [6, 6.07) is 0. The largest absolute Gasteiger partial charge is 0.386 e. The van der Waals surface area contributed by atoms with Gasteiger partial charge in [-0.3, -0.25) is 4.79 Å². The summed E-state index contributed by atoms with van der Waals surface area (Å²) in [5, 5.41) is 18.3. The predicted octanol–water partition coefficient (Wildman–Crippen LogP) is -0.332. The minimum absolute atomic E-state index is 0.0838. The van der Waals surface area contributed by atoms with Gasteiger partial charge in [-0.15, -0.1) is 5.10 Å². The van der Waals surface area contributed by atoms with Gasteiger partial charge in [0.25, 0.3) is 0 Å². The van der Waals surface area contributed by atoms with Gasteiger partial charge in [0.2, 0.25) is 5.91 Å². The highest BCUT2D eigenvalue weighted by atomic mass is 16.5. The van der Waals surface area contributed by atoms with Crippen LogP contribution in [0.15, 0.2) is 12.4 Å². The van der Waals surface area contributed by atoms with Crippen molar-refractivity contribution in [2.75, 3.05) is 26.3 Å². The molecule has 2 aliphatic rings. The number of amides is 1. The zero-order chi connectivity index (χ0) is 14.2. The molecule has 0 aliphatic carbocycles. The molecule has 110 valence electrons. The third-order valence-electron chi connectivity index (χ3n) is 4.13. The SMILES string of the molecule is CC1(C(=O)N2CCCC(O)(Cn3ccnn3)C2)COC1. The first-order valence-corrected chi connectivity index (χ1v) is 6.94. The van der Waals surface area contributed by atoms with E-state index in [2.05, 4.69) is 10.3 Å². The molecule has 1 amide bonds. The van der Waals surface area contributed by atoms with Crippen molar-refractivity contribution in [3.8, 4) is 0 Å². The Labute approximate surface area is 117 Å². The Bertz CT molecular complexity index is 486. The van der Waals surface area contributed by atoms with Crippen LogP contribution in [0.25, 0.3) is 0 Å². The number of aliphatic hydroxyl groups is 1. The second-order valence-electron chi connectivity index (χ2n) is 6.21. The lowest BCUT2D eigenvalue weighted by Gasteiger charge is -2.45. The van der Waals surface area contributed by atoms with E-state index in [1.54, 1.807) is 22.0 Å². The van der Waals surface area contributed by atoms with Crippen LogP contribution in [0, 0.1) is 5.41 Å². The summed E-state index contributed by atoms with van der Waals surface area (Å²) in [5.74, 6) is 0.0838. The van der Waals surface area contributed by atoms with E-state index in [0.717, 1.165) is 6.42 Å². The lowest BCUT2D eigenvalue weighted by molar-refractivity contribution is -0.175. The number of hydrogen-bond acceptors (Lipinski definition) is 5. The Kier molecular flexibility index (Phi) is 3.25. The first-order valence-electron chi connectivity index (χ1n) is 6.94. The highest BCUT2D eigenvalue weighted by Crippen LogP contribution is 2.32. The fraction of sp³-hybridized carbons (Fsp3) is 0.769. The van der Waals surface area contributed by atoms with Gasteiger partial charge in [0.15, 0.2) is 0 Å². The van der Waals surface area contributed by atoms with E-state index in [1.807, 2.05) is 6.92 Å². The molecule has 1 unspecified atom stereocenters. The van der Waals surface area contributed by atoms with Crippen LogP contribution in [0.3, 0.4) is 0 Å². The van der Waals surface area contributed by atoms with Gasteiger partial charge in [0.05, 0.1) is 37.9 Å². The molecule has 0 bridgehead atoms. The van der Waals surface area contributed by atoms with Crippen molar-refractivity contribution in [2.45, 2.75) is 31.9 Å². The third kappa shape index (κ3) is 2.43. The number of carbonyl (C=O) groups is 1. The van der Waals surface area contributed by atoms with Gasteiger partial charge in [0.1, 0.15) is 5.60 Å². The summed E-state index contributed by atoms with van der Waals surface area (Å²) in [6.45, 7) is 4.29. The number of hydrogen-bond donors (Lipinski definition) is 1. The summed E-state index contributed by atoms with van der Waals surface area (Å²) < 4.78 is 6.77. The van der Waals surface area contributed by atoms with Crippen molar-refractivity contribution in [2.24, 2.45) is 5.41 Å². The molecule has 20 heavy (non-hydrogen) atoms. The van der Waals surface area contributed by atoms with Crippen molar-refractivity contribution in [1.82, 2.24) is 19.9 Å². The molecule has 2 fully saturated rings. The molecule has 1 aromatic heterocycles. The summed E-state index contributed by atoms with van der Waals surface area (Å²) in [5.41, 5.74) is -1.34. The highest BCUT2D eigenvalue weighted by Gasteiger charge is 2.46. The maximum Gasteiger partial charge on any atom is 0.233 e. The Morgan fingerprint density at radius 2 is 2.30 bits per heavy atom. The summed E-state index contributed by atoms with van der Waals surface area (Å²) >= 11 is 0. The van der Waals surface area contributed by atoms with Crippen molar-refractivity contribution in [3.05, 3.63) is 12.4 Å². The first kappa shape index (κ1) is 13.5. The minimum atomic E-state index is -0.928. The number of aromatic nitrogens is 3. The molecule has 2 saturated heterocycles. The Hall–Kier alpha value is -1.47. The molecule has 3 heterocycles. The standard InChI is InChI=1S/C13H20N4O3/c1-12(9-20-10-12)11(18)16-5-2-3-13(19,7-16)8-17-6-4-14-15-17/h4,6,19H,2-3,5,7-10H2,1H3. The molecule has 0 radical (unpaired) electrons. The van der Waals surface area contributed by atoms with Gasteiger partial charge in [-0.05, 0) is 19.8 Å². The van der Waals surface area contributed by atoms with Crippen LogP contribution in [0.2, 0.25) is 0 Å². The minimum Gasteiger partial charge on any atom is -0.386 e. The Balaban J connectivity index is 1.68. The second-order valence-corrected chi connectivity index (χ2v) is 6.21. The molecule has 0 saturated carbocycles. The molecule has 1 atom stereocenters. The van der Waals surface area contributed by atoms with Crippen molar-refractivity contribution in [3.63, 3.8) is 0 Å². The molecule has 0 spiro atoms. The predicted molar refractivity (Wildman–Crippen MR) is 69.7 cm³/mol. The fourth-order valence-corrected chi connectivity index (χ4v) is 2.95. The number of β-amino-alcohol motifs (C(OH)–C–C–N with tert-alkyl or cyclic N) is 1. The molecule has 7 nitrogen and oxygen atoms in total. The molecular formula is C13H20N4O3. The zero-order valence-corrected chi connectivity index (χ0v) is 11.7. The van der Waals surface area contributed by atoms with E-state index >= 15 is 0 Å². The maximum atomic E-state index is 12.5. The van der Waals surface area contributed by atoms with Crippen LogP contribution in [-0.4, -0.2) is 62.8 Å². The Morgan fingerprint density at radius 1 is 1.50 bits per heavy atom. The second kappa shape index (κ2) is 4.82. The number of rotatable bonds is 3.